The molecule has 8 aromatic carbocycles. The van der Waals surface area contributed by atoms with Crippen molar-refractivity contribution in [3.8, 4) is 73.6 Å². The Morgan fingerprint density at radius 3 is 1.07 bits per heavy atom. The van der Waals surface area contributed by atoms with Crippen molar-refractivity contribution in [1.82, 2.24) is 15.0 Å². The number of fused-ring (bicyclic) bond motifs is 3. The van der Waals surface area contributed by atoms with Crippen LogP contribution in [0, 0.1) is 11.3 Å². The van der Waals surface area contributed by atoms with E-state index in [9.17, 15) is 5.26 Å². The third kappa shape index (κ3) is 5.90. The summed E-state index contributed by atoms with van der Waals surface area (Å²) in [7, 11) is 0. The van der Waals surface area contributed by atoms with Crippen molar-refractivity contribution < 1.29 is 0 Å². The normalized spacial score (nSPS) is 12.3. The van der Waals surface area contributed by atoms with Crippen molar-refractivity contribution in [1.29, 1.82) is 5.26 Å². The Morgan fingerprint density at radius 2 is 0.667 bits per heavy atom. The zero-order chi connectivity index (χ0) is 38.2. The lowest BCUT2D eigenvalue weighted by Gasteiger charge is -2.34. The van der Waals surface area contributed by atoms with E-state index >= 15 is 0 Å². The minimum Gasteiger partial charge on any atom is -0.208 e. The summed E-state index contributed by atoms with van der Waals surface area (Å²) in [4.78, 5) is 14.8. The lowest BCUT2D eigenvalue weighted by atomic mass is 9.67. The van der Waals surface area contributed by atoms with Gasteiger partial charge in [0.1, 0.15) is 0 Å². The van der Waals surface area contributed by atoms with Crippen molar-refractivity contribution in [2.75, 3.05) is 0 Å². The summed E-state index contributed by atoms with van der Waals surface area (Å²) >= 11 is 0. The summed E-state index contributed by atoms with van der Waals surface area (Å²) in [5.74, 6) is 1.91. The quantitative estimate of drug-likeness (QED) is 0.164. The molecule has 266 valence electrons. The van der Waals surface area contributed by atoms with Gasteiger partial charge in [-0.15, -0.1) is 0 Å². The van der Waals surface area contributed by atoms with Gasteiger partial charge in [0, 0.05) is 16.7 Å². The maximum Gasteiger partial charge on any atom is 0.164 e. The van der Waals surface area contributed by atoms with E-state index in [2.05, 4.69) is 127 Å². The minimum atomic E-state index is -0.571. The molecule has 9 aromatic rings. The molecule has 0 spiro atoms. The first-order valence-electron chi connectivity index (χ1n) is 19.1. The molecule has 0 atom stereocenters. The highest BCUT2D eigenvalue weighted by molar-refractivity contribution is 5.90. The Hall–Kier alpha value is -7.74. The Labute approximate surface area is 332 Å². The number of hydrogen-bond donors (Lipinski definition) is 0. The molecule has 0 N–H and O–H groups in total. The molecule has 0 amide bonds. The maximum atomic E-state index is 9.46. The smallest absolute Gasteiger partial charge is 0.164 e. The van der Waals surface area contributed by atoms with Crippen LogP contribution in [0.3, 0.4) is 0 Å². The Bertz CT molecular complexity index is 2820. The van der Waals surface area contributed by atoms with Gasteiger partial charge in [0.2, 0.25) is 0 Å². The highest BCUT2D eigenvalue weighted by atomic mass is 15.0. The topological polar surface area (TPSA) is 62.5 Å². The molecular weight excluding hydrogens is 693 g/mol. The second-order valence-electron chi connectivity index (χ2n) is 14.3. The van der Waals surface area contributed by atoms with Crippen LogP contribution in [0.25, 0.3) is 67.5 Å². The zero-order valence-electron chi connectivity index (χ0n) is 30.9. The molecule has 10 rings (SSSR count). The summed E-state index contributed by atoms with van der Waals surface area (Å²) < 4.78 is 0. The van der Waals surface area contributed by atoms with Crippen molar-refractivity contribution >= 4 is 0 Å². The molecule has 4 heteroatoms. The van der Waals surface area contributed by atoms with Crippen molar-refractivity contribution in [3.05, 3.63) is 234 Å². The predicted molar refractivity (Wildman–Crippen MR) is 229 cm³/mol. The number of benzene rings is 8. The first-order valence-corrected chi connectivity index (χ1v) is 19.1. The first-order chi connectivity index (χ1) is 28.2. The van der Waals surface area contributed by atoms with E-state index in [4.69, 9.17) is 15.0 Å². The monoisotopic (exact) mass is 726 g/mol. The van der Waals surface area contributed by atoms with E-state index in [1.54, 1.807) is 0 Å². The Kier molecular flexibility index (Phi) is 8.39. The molecule has 1 aliphatic rings. The lowest BCUT2D eigenvalue weighted by molar-refractivity contribution is 0.769. The van der Waals surface area contributed by atoms with E-state index in [1.165, 1.54) is 33.4 Å². The van der Waals surface area contributed by atoms with Crippen LogP contribution in [0.4, 0.5) is 0 Å². The molecule has 1 aliphatic carbocycles. The Morgan fingerprint density at radius 1 is 0.333 bits per heavy atom. The van der Waals surface area contributed by atoms with Gasteiger partial charge in [0.05, 0.1) is 17.0 Å². The molecule has 0 aliphatic heterocycles. The van der Waals surface area contributed by atoms with Crippen LogP contribution in [0.1, 0.15) is 27.8 Å². The highest BCUT2D eigenvalue weighted by Gasteiger charge is 2.46. The average molecular weight is 727 g/mol. The summed E-state index contributed by atoms with van der Waals surface area (Å²) in [6, 6.07) is 74.3. The molecule has 0 bridgehead atoms. The van der Waals surface area contributed by atoms with Gasteiger partial charge in [-0.25, -0.2) is 15.0 Å². The zero-order valence-corrected chi connectivity index (χ0v) is 30.9. The lowest BCUT2D eigenvalue weighted by Crippen LogP contribution is -2.28. The van der Waals surface area contributed by atoms with E-state index < -0.39 is 5.41 Å². The van der Waals surface area contributed by atoms with Gasteiger partial charge in [0.15, 0.2) is 17.5 Å². The minimum absolute atomic E-state index is 0.571. The largest absolute Gasteiger partial charge is 0.208 e. The second-order valence-corrected chi connectivity index (χ2v) is 14.3. The van der Waals surface area contributed by atoms with Gasteiger partial charge in [-0.2, -0.15) is 5.26 Å². The number of nitriles is 1. The van der Waals surface area contributed by atoms with E-state index in [0.717, 1.165) is 38.9 Å². The van der Waals surface area contributed by atoms with Gasteiger partial charge >= 0.3 is 0 Å². The summed E-state index contributed by atoms with van der Waals surface area (Å²) in [5, 5.41) is 9.46. The predicted octanol–water partition coefficient (Wildman–Crippen LogP) is 12.4. The molecule has 1 heterocycles. The molecule has 0 radical (unpaired) electrons. The second kappa shape index (κ2) is 14.2. The number of nitrogens with zero attached hydrogens (tertiary/aromatic N) is 4. The van der Waals surface area contributed by atoms with Gasteiger partial charge in [-0.05, 0) is 79.9 Å². The van der Waals surface area contributed by atoms with Crippen LogP contribution < -0.4 is 0 Å². The fourth-order valence-corrected chi connectivity index (χ4v) is 8.33. The number of aromatic nitrogens is 3. The van der Waals surface area contributed by atoms with Gasteiger partial charge in [0.25, 0.3) is 0 Å². The van der Waals surface area contributed by atoms with Crippen LogP contribution in [0.2, 0.25) is 0 Å². The fraction of sp³-hybridized carbons (Fsp3) is 0.0189. The SMILES string of the molecule is N#Cc1ccc(-c2ccc3c(c2)C(c2ccccc2)(c2ccccc2)c2cc(-c4ccc(-c5nc(-c6ccccc6)nc(-c6ccccc6)n5)cc4)ccc2-3)cc1. The summed E-state index contributed by atoms with van der Waals surface area (Å²) in [5.41, 5.74) is 14.6. The molecule has 1 aromatic heterocycles. The van der Waals surface area contributed by atoms with Gasteiger partial charge < -0.3 is 0 Å². The van der Waals surface area contributed by atoms with Crippen LogP contribution in [0.15, 0.2) is 206 Å². The third-order valence-electron chi connectivity index (χ3n) is 11.1. The van der Waals surface area contributed by atoms with Gasteiger partial charge in [-0.1, -0.05) is 182 Å². The van der Waals surface area contributed by atoms with Crippen LogP contribution in [0.5, 0.6) is 0 Å². The first kappa shape index (κ1) is 33.8. The van der Waals surface area contributed by atoms with Crippen LogP contribution >= 0.6 is 0 Å². The Balaban J connectivity index is 1.11. The fourth-order valence-electron chi connectivity index (χ4n) is 8.33. The molecule has 4 nitrogen and oxygen atoms in total. The molecule has 57 heavy (non-hydrogen) atoms. The van der Waals surface area contributed by atoms with E-state index in [1.807, 2.05) is 84.9 Å². The number of rotatable bonds is 7. The van der Waals surface area contributed by atoms with Gasteiger partial charge in [-0.3, -0.25) is 0 Å². The maximum absolute atomic E-state index is 9.46. The standard InChI is InChI=1S/C53H34N4/c54-35-36-21-23-37(24-22-36)42-29-31-46-47-32-30-43(34-49(47)53(48(46)33-42,44-17-9-3-10-18-44)45-19-11-4-12-20-45)38-25-27-41(28-26-38)52-56-50(39-13-5-1-6-14-39)55-51(57-52)40-15-7-2-8-16-40/h1-34H. The summed E-state index contributed by atoms with van der Waals surface area (Å²) in [6.45, 7) is 0. The number of hydrogen-bond acceptors (Lipinski definition) is 4. The molecule has 0 saturated heterocycles. The van der Waals surface area contributed by atoms with Crippen LogP contribution in [-0.4, -0.2) is 15.0 Å². The van der Waals surface area contributed by atoms with E-state index in [-0.39, 0.29) is 0 Å². The van der Waals surface area contributed by atoms with E-state index in [0.29, 0.717) is 23.0 Å². The molecule has 0 fully saturated rings. The van der Waals surface area contributed by atoms with Crippen molar-refractivity contribution in [3.63, 3.8) is 0 Å². The summed E-state index contributed by atoms with van der Waals surface area (Å²) in [6.07, 6.45) is 0. The third-order valence-corrected chi connectivity index (χ3v) is 11.1. The average Bonchev–Trinajstić information content (AvgIpc) is 3.60. The molecular formula is C53H34N4. The molecule has 0 saturated carbocycles. The molecule has 0 unspecified atom stereocenters. The van der Waals surface area contributed by atoms with Crippen LogP contribution in [-0.2, 0) is 5.41 Å². The van der Waals surface area contributed by atoms with Crippen molar-refractivity contribution in [2.45, 2.75) is 5.41 Å². The van der Waals surface area contributed by atoms with Crippen molar-refractivity contribution in [2.24, 2.45) is 0 Å². The highest BCUT2D eigenvalue weighted by Crippen LogP contribution is 2.57.